The third-order valence-electron chi connectivity index (χ3n) is 4.50. The number of carbonyl (C=O) groups is 1. The van der Waals surface area contributed by atoms with E-state index in [1.54, 1.807) is 12.0 Å². The van der Waals surface area contributed by atoms with Gasteiger partial charge in [0.2, 0.25) is 5.88 Å². The van der Waals surface area contributed by atoms with E-state index in [9.17, 15) is 9.90 Å². The quantitative estimate of drug-likeness (QED) is 0.925. The van der Waals surface area contributed by atoms with Crippen LogP contribution >= 0.6 is 0 Å². The lowest BCUT2D eigenvalue weighted by Gasteiger charge is -2.36. The number of carboxylic acid groups (broad SMARTS) is 1. The molecule has 1 amide bonds. The minimum absolute atomic E-state index is 0.0396. The molecule has 0 aromatic carbocycles. The first-order valence-electron chi connectivity index (χ1n) is 7.71. The van der Waals surface area contributed by atoms with Gasteiger partial charge in [0, 0.05) is 43.8 Å². The lowest BCUT2D eigenvalue weighted by Crippen LogP contribution is -2.48. The Hall–Kier alpha value is -1.82. The summed E-state index contributed by atoms with van der Waals surface area (Å²) in [5.74, 6) is 0.611. The van der Waals surface area contributed by atoms with Crippen LogP contribution in [0.5, 0.6) is 5.88 Å². The summed E-state index contributed by atoms with van der Waals surface area (Å²) in [5, 5.41) is 9.29. The van der Waals surface area contributed by atoms with Crippen molar-refractivity contribution in [2.75, 3.05) is 7.11 Å². The summed E-state index contributed by atoms with van der Waals surface area (Å²) in [4.78, 5) is 17.3. The van der Waals surface area contributed by atoms with Crippen LogP contribution in [0.3, 0.4) is 0 Å². The lowest BCUT2D eigenvalue weighted by molar-refractivity contribution is 0.0475. The third kappa shape index (κ3) is 3.02. The van der Waals surface area contributed by atoms with Crippen molar-refractivity contribution in [3.05, 3.63) is 23.4 Å². The zero-order chi connectivity index (χ0) is 15.7. The molecule has 0 saturated carbocycles. The fourth-order valence-corrected chi connectivity index (χ4v) is 3.72. The number of amides is 1. The smallest absolute Gasteiger partial charge is 0.407 e. The SMILES string of the molecule is COCc1cc(C)nc(OC2CC3CCC(C2)N3C(=O)O)c1. The Labute approximate surface area is 130 Å². The van der Waals surface area contributed by atoms with Gasteiger partial charge in [-0.15, -0.1) is 0 Å². The number of nitrogens with zero attached hydrogens (tertiary/aromatic N) is 2. The van der Waals surface area contributed by atoms with Crippen molar-refractivity contribution in [1.82, 2.24) is 9.88 Å². The number of pyridine rings is 1. The van der Waals surface area contributed by atoms with Crippen LogP contribution in [0, 0.1) is 6.92 Å². The average Bonchev–Trinajstić information content (AvgIpc) is 2.71. The molecule has 2 fully saturated rings. The molecule has 2 aliphatic rings. The molecule has 0 spiro atoms. The van der Waals surface area contributed by atoms with Gasteiger partial charge in [-0.25, -0.2) is 9.78 Å². The molecule has 6 nitrogen and oxygen atoms in total. The number of aromatic nitrogens is 1. The van der Waals surface area contributed by atoms with Crippen LogP contribution in [0.15, 0.2) is 12.1 Å². The van der Waals surface area contributed by atoms with E-state index >= 15 is 0 Å². The molecule has 22 heavy (non-hydrogen) atoms. The first-order valence-corrected chi connectivity index (χ1v) is 7.71. The van der Waals surface area contributed by atoms with Crippen molar-refractivity contribution < 1.29 is 19.4 Å². The Morgan fingerprint density at radius 3 is 2.64 bits per heavy atom. The highest BCUT2D eigenvalue weighted by molar-refractivity contribution is 5.66. The van der Waals surface area contributed by atoms with Gasteiger partial charge < -0.3 is 19.5 Å². The van der Waals surface area contributed by atoms with Gasteiger partial charge in [-0.2, -0.15) is 0 Å². The summed E-state index contributed by atoms with van der Waals surface area (Å²) < 4.78 is 11.2. The maximum atomic E-state index is 11.3. The molecule has 1 N–H and O–H groups in total. The minimum atomic E-state index is -0.804. The summed E-state index contributed by atoms with van der Waals surface area (Å²) in [7, 11) is 1.66. The van der Waals surface area contributed by atoms with Gasteiger partial charge in [-0.05, 0) is 31.4 Å². The zero-order valence-electron chi connectivity index (χ0n) is 13.0. The predicted molar refractivity (Wildman–Crippen MR) is 80.0 cm³/mol. The Bertz CT molecular complexity index is 549. The molecule has 0 aliphatic carbocycles. The first-order chi connectivity index (χ1) is 10.6. The summed E-state index contributed by atoms with van der Waals surface area (Å²) in [6, 6.07) is 4.06. The van der Waals surface area contributed by atoms with E-state index < -0.39 is 6.09 Å². The number of methoxy groups -OCH3 is 1. The largest absolute Gasteiger partial charge is 0.474 e. The Morgan fingerprint density at radius 2 is 2.05 bits per heavy atom. The second kappa shape index (κ2) is 6.12. The molecule has 2 bridgehead atoms. The van der Waals surface area contributed by atoms with Gasteiger partial charge >= 0.3 is 6.09 Å². The molecule has 120 valence electrons. The molecule has 1 aromatic heterocycles. The standard InChI is InChI=1S/C16H22N2O4/c1-10-5-11(9-21-2)6-15(17-10)22-14-7-12-3-4-13(8-14)18(12)16(19)20/h5-6,12-14H,3-4,7-9H2,1-2H3,(H,19,20). The number of rotatable bonds is 4. The average molecular weight is 306 g/mol. The van der Waals surface area contributed by atoms with Crippen molar-refractivity contribution in [3.8, 4) is 5.88 Å². The maximum Gasteiger partial charge on any atom is 0.407 e. The van der Waals surface area contributed by atoms with Gasteiger partial charge in [0.25, 0.3) is 0 Å². The second-order valence-corrected chi connectivity index (χ2v) is 6.17. The molecule has 2 saturated heterocycles. The van der Waals surface area contributed by atoms with Crippen LogP contribution in [-0.4, -0.2) is 46.4 Å². The summed E-state index contributed by atoms with van der Waals surface area (Å²) >= 11 is 0. The van der Waals surface area contributed by atoms with Crippen LogP contribution in [0.1, 0.15) is 36.9 Å². The fraction of sp³-hybridized carbons (Fsp3) is 0.625. The molecule has 0 radical (unpaired) electrons. The van der Waals surface area contributed by atoms with Crippen molar-refractivity contribution in [2.45, 2.75) is 57.4 Å². The molecule has 3 rings (SSSR count). The number of ether oxygens (including phenoxy) is 2. The number of hydrogen-bond donors (Lipinski definition) is 1. The van der Waals surface area contributed by atoms with E-state index in [0.717, 1.165) is 36.9 Å². The number of piperidine rings is 1. The summed E-state index contributed by atoms with van der Waals surface area (Å²) in [5.41, 5.74) is 1.94. The second-order valence-electron chi connectivity index (χ2n) is 6.17. The van der Waals surface area contributed by atoms with Gasteiger partial charge in [-0.3, -0.25) is 0 Å². The van der Waals surface area contributed by atoms with Gasteiger partial charge in [0.1, 0.15) is 6.10 Å². The lowest BCUT2D eigenvalue weighted by atomic mass is 10.0. The van der Waals surface area contributed by atoms with Crippen molar-refractivity contribution in [1.29, 1.82) is 0 Å². The van der Waals surface area contributed by atoms with E-state index in [0.29, 0.717) is 12.5 Å². The van der Waals surface area contributed by atoms with Gasteiger partial charge in [0.05, 0.1) is 6.61 Å². The van der Waals surface area contributed by atoms with Gasteiger partial charge in [0.15, 0.2) is 0 Å². The normalized spacial score (nSPS) is 27.0. The van der Waals surface area contributed by atoms with E-state index in [1.165, 1.54) is 0 Å². The van der Waals surface area contributed by atoms with Crippen LogP contribution in [0.25, 0.3) is 0 Å². The van der Waals surface area contributed by atoms with Crippen LogP contribution < -0.4 is 4.74 Å². The monoisotopic (exact) mass is 306 g/mol. The van der Waals surface area contributed by atoms with E-state index in [4.69, 9.17) is 9.47 Å². The number of aryl methyl sites for hydroxylation is 1. The summed E-state index contributed by atoms with van der Waals surface area (Å²) in [6.45, 7) is 2.46. The molecule has 6 heteroatoms. The van der Waals surface area contributed by atoms with Crippen LogP contribution in [0.4, 0.5) is 4.79 Å². The van der Waals surface area contributed by atoms with Crippen molar-refractivity contribution >= 4 is 6.09 Å². The van der Waals surface area contributed by atoms with E-state index in [-0.39, 0.29) is 18.2 Å². The van der Waals surface area contributed by atoms with E-state index in [1.807, 2.05) is 19.1 Å². The Morgan fingerprint density at radius 1 is 1.36 bits per heavy atom. The van der Waals surface area contributed by atoms with Gasteiger partial charge in [-0.1, -0.05) is 0 Å². The molecule has 1 aromatic rings. The molecule has 2 unspecified atom stereocenters. The fourth-order valence-electron chi connectivity index (χ4n) is 3.72. The number of fused-ring (bicyclic) bond motifs is 2. The topological polar surface area (TPSA) is 71.9 Å². The Balaban J connectivity index is 1.69. The molecular weight excluding hydrogens is 284 g/mol. The first kappa shape index (κ1) is 15.1. The highest BCUT2D eigenvalue weighted by atomic mass is 16.5. The maximum absolute atomic E-state index is 11.3. The minimum Gasteiger partial charge on any atom is -0.474 e. The van der Waals surface area contributed by atoms with Crippen LogP contribution in [0.2, 0.25) is 0 Å². The van der Waals surface area contributed by atoms with E-state index in [2.05, 4.69) is 4.98 Å². The zero-order valence-corrected chi connectivity index (χ0v) is 13.0. The predicted octanol–water partition coefficient (Wildman–Crippen LogP) is 2.59. The highest BCUT2D eigenvalue weighted by Gasteiger charge is 2.44. The Kier molecular flexibility index (Phi) is 4.20. The molecule has 2 aliphatic heterocycles. The molecule has 3 heterocycles. The molecular formula is C16H22N2O4. The van der Waals surface area contributed by atoms with Crippen molar-refractivity contribution in [2.24, 2.45) is 0 Å². The number of hydrogen-bond acceptors (Lipinski definition) is 4. The van der Waals surface area contributed by atoms with Crippen LogP contribution in [-0.2, 0) is 11.3 Å². The third-order valence-corrected chi connectivity index (χ3v) is 4.50. The van der Waals surface area contributed by atoms with Crippen molar-refractivity contribution in [3.63, 3.8) is 0 Å². The molecule has 2 atom stereocenters. The highest BCUT2D eigenvalue weighted by Crippen LogP contribution is 2.37. The summed E-state index contributed by atoms with van der Waals surface area (Å²) in [6.07, 6.45) is 2.61.